The number of aromatic nitrogens is 3. The number of nitrogens with zero attached hydrogens (tertiary/aromatic N) is 3. The number of hydrogen-bond donors (Lipinski definition) is 1. The lowest BCUT2D eigenvalue weighted by Crippen LogP contribution is -2.39. The predicted octanol–water partition coefficient (Wildman–Crippen LogP) is 4.87. The Kier molecular flexibility index (Phi) is 6.28. The first-order valence-corrected chi connectivity index (χ1v) is 11.9. The number of benzene rings is 2. The van der Waals surface area contributed by atoms with Crippen LogP contribution in [0.4, 0.5) is 17.6 Å². The molecular weight excluding hydrogens is 460 g/mol. The summed E-state index contributed by atoms with van der Waals surface area (Å²) < 4.78 is 84.5. The summed E-state index contributed by atoms with van der Waals surface area (Å²) in [4.78, 5) is -0.487. The molecule has 1 fully saturated rings. The van der Waals surface area contributed by atoms with Crippen molar-refractivity contribution in [3.05, 3.63) is 66.0 Å². The van der Waals surface area contributed by atoms with E-state index >= 15 is 0 Å². The van der Waals surface area contributed by atoms with Crippen molar-refractivity contribution in [1.82, 2.24) is 19.5 Å². The summed E-state index contributed by atoms with van der Waals surface area (Å²) in [5.41, 5.74) is -0.780. The van der Waals surface area contributed by atoms with Crippen LogP contribution in [0.25, 0.3) is 11.1 Å². The van der Waals surface area contributed by atoms with Crippen LogP contribution in [0.15, 0.2) is 53.7 Å². The molecule has 0 spiro atoms. The fourth-order valence-corrected chi connectivity index (χ4v) is 5.55. The standard InChI is InChI=1S/C22H22F4N4O2S/c1-14-28-27-13-30(14)20-4-2-3-19(12-20)29-33(31,32)21-10-16(9-17(11-21)22(24,25)26)15-5-7-18(23)8-6-15/h5-11,13,19-20,29H,2-4,12H2,1H3/t19-,20+/m0/s1. The molecule has 1 saturated carbocycles. The van der Waals surface area contributed by atoms with E-state index in [0.29, 0.717) is 24.7 Å². The molecule has 4 rings (SSSR count). The van der Waals surface area contributed by atoms with Crippen LogP contribution in [0, 0.1) is 12.7 Å². The van der Waals surface area contributed by atoms with Crippen molar-refractivity contribution >= 4 is 10.0 Å². The Morgan fingerprint density at radius 2 is 1.79 bits per heavy atom. The lowest BCUT2D eigenvalue weighted by molar-refractivity contribution is -0.137. The van der Waals surface area contributed by atoms with Crippen molar-refractivity contribution in [2.45, 2.75) is 55.8 Å². The Balaban J connectivity index is 1.64. The summed E-state index contributed by atoms with van der Waals surface area (Å²) in [6, 6.07) is 7.04. The third kappa shape index (κ3) is 5.25. The summed E-state index contributed by atoms with van der Waals surface area (Å²) in [5, 5.41) is 7.82. The van der Waals surface area contributed by atoms with Gasteiger partial charge in [0, 0.05) is 12.1 Å². The molecule has 33 heavy (non-hydrogen) atoms. The number of sulfonamides is 1. The van der Waals surface area contributed by atoms with E-state index in [4.69, 9.17) is 0 Å². The highest BCUT2D eigenvalue weighted by molar-refractivity contribution is 7.89. The highest BCUT2D eigenvalue weighted by Crippen LogP contribution is 2.35. The van der Waals surface area contributed by atoms with E-state index in [2.05, 4.69) is 14.9 Å². The van der Waals surface area contributed by atoms with Gasteiger partial charge in [0.25, 0.3) is 0 Å². The van der Waals surface area contributed by atoms with Gasteiger partial charge in [0.1, 0.15) is 18.0 Å². The van der Waals surface area contributed by atoms with Crippen LogP contribution >= 0.6 is 0 Å². The molecule has 1 aromatic heterocycles. The van der Waals surface area contributed by atoms with Gasteiger partial charge in [-0.15, -0.1) is 10.2 Å². The first kappa shape index (κ1) is 23.4. The number of alkyl halides is 3. The molecule has 1 aliphatic rings. The molecular formula is C22H22F4N4O2S. The summed E-state index contributed by atoms with van der Waals surface area (Å²) >= 11 is 0. The Hall–Kier alpha value is -2.79. The predicted molar refractivity (Wildman–Crippen MR) is 113 cm³/mol. The molecule has 0 amide bonds. The van der Waals surface area contributed by atoms with Gasteiger partial charge in [-0.1, -0.05) is 12.1 Å². The molecule has 11 heteroatoms. The third-order valence-corrected chi connectivity index (χ3v) is 7.34. The minimum Gasteiger partial charge on any atom is -0.315 e. The first-order valence-electron chi connectivity index (χ1n) is 10.4. The fourth-order valence-electron chi connectivity index (χ4n) is 4.20. The monoisotopic (exact) mass is 482 g/mol. The van der Waals surface area contributed by atoms with Crippen LogP contribution in [0.2, 0.25) is 0 Å². The van der Waals surface area contributed by atoms with E-state index < -0.39 is 38.5 Å². The molecule has 1 aliphatic carbocycles. The average molecular weight is 483 g/mol. The summed E-state index contributed by atoms with van der Waals surface area (Å²) in [6.45, 7) is 1.81. The molecule has 1 N–H and O–H groups in total. The number of aryl methyl sites for hydroxylation is 1. The normalized spacial score (nSPS) is 19.5. The van der Waals surface area contributed by atoms with Crippen molar-refractivity contribution < 1.29 is 26.0 Å². The highest BCUT2D eigenvalue weighted by atomic mass is 32.2. The van der Waals surface area contributed by atoms with E-state index in [-0.39, 0.29) is 17.2 Å². The van der Waals surface area contributed by atoms with Crippen LogP contribution in [-0.4, -0.2) is 29.2 Å². The van der Waals surface area contributed by atoms with Crippen molar-refractivity contribution in [1.29, 1.82) is 0 Å². The second kappa shape index (κ2) is 8.86. The smallest absolute Gasteiger partial charge is 0.315 e. The molecule has 0 radical (unpaired) electrons. The summed E-state index contributed by atoms with van der Waals surface area (Å²) in [5.74, 6) is 0.167. The Labute approximate surface area is 188 Å². The molecule has 176 valence electrons. The molecule has 1 heterocycles. The SMILES string of the molecule is Cc1nncn1[C@@H]1CCC[C@H](NS(=O)(=O)c2cc(-c3ccc(F)cc3)cc(C(F)(F)F)c2)C1. The highest BCUT2D eigenvalue weighted by Gasteiger charge is 2.34. The summed E-state index contributed by atoms with van der Waals surface area (Å²) in [6.07, 6.45) is -0.530. The van der Waals surface area contributed by atoms with Gasteiger partial charge in [-0.2, -0.15) is 13.2 Å². The van der Waals surface area contributed by atoms with Crippen LogP contribution in [0.1, 0.15) is 43.1 Å². The van der Waals surface area contributed by atoms with Gasteiger partial charge in [-0.25, -0.2) is 17.5 Å². The molecule has 0 aliphatic heterocycles. The number of halogens is 4. The van der Waals surface area contributed by atoms with E-state index in [1.54, 1.807) is 13.3 Å². The van der Waals surface area contributed by atoms with Gasteiger partial charge >= 0.3 is 6.18 Å². The van der Waals surface area contributed by atoms with Crippen LogP contribution < -0.4 is 4.72 Å². The Morgan fingerprint density at radius 3 is 2.42 bits per heavy atom. The van der Waals surface area contributed by atoms with Gasteiger partial charge < -0.3 is 4.57 Å². The minimum absolute atomic E-state index is 0.00210. The van der Waals surface area contributed by atoms with Crippen LogP contribution in [-0.2, 0) is 16.2 Å². The second-order valence-electron chi connectivity index (χ2n) is 8.17. The number of rotatable bonds is 5. The van der Waals surface area contributed by atoms with Gasteiger partial charge in [-0.3, -0.25) is 0 Å². The van der Waals surface area contributed by atoms with Crippen molar-refractivity contribution in [3.8, 4) is 11.1 Å². The van der Waals surface area contributed by atoms with E-state index in [0.717, 1.165) is 31.0 Å². The van der Waals surface area contributed by atoms with Gasteiger partial charge in [0.15, 0.2) is 0 Å². The first-order chi connectivity index (χ1) is 15.5. The third-order valence-electron chi connectivity index (χ3n) is 5.84. The Morgan fingerprint density at radius 1 is 1.06 bits per heavy atom. The molecule has 0 unspecified atom stereocenters. The maximum atomic E-state index is 13.5. The topological polar surface area (TPSA) is 76.9 Å². The zero-order chi connectivity index (χ0) is 23.8. The van der Waals surface area contributed by atoms with Crippen molar-refractivity contribution in [3.63, 3.8) is 0 Å². The molecule has 2 atom stereocenters. The lowest BCUT2D eigenvalue weighted by Gasteiger charge is -2.30. The van der Waals surface area contributed by atoms with E-state index in [1.165, 1.54) is 18.2 Å². The largest absolute Gasteiger partial charge is 0.416 e. The van der Waals surface area contributed by atoms with E-state index in [1.807, 2.05) is 4.57 Å². The molecule has 2 aromatic carbocycles. The van der Waals surface area contributed by atoms with Crippen LogP contribution in [0.5, 0.6) is 0 Å². The molecule has 6 nitrogen and oxygen atoms in total. The second-order valence-corrected chi connectivity index (χ2v) is 9.89. The Bertz CT molecular complexity index is 1240. The van der Waals surface area contributed by atoms with Crippen LogP contribution in [0.3, 0.4) is 0 Å². The van der Waals surface area contributed by atoms with Crippen molar-refractivity contribution in [2.24, 2.45) is 0 Å². The average Bonchev–Trinajstić information content (AvgIpc) is 3.19. The number of nitrogens with one attached hydrogen (secondary N) is 1. The van der Waals surface area contributed by atoms with Gasteiger partial charge in [-0.05, 0) is 74.1 Å². The lowest BCUT2D eigenvalue weighted by atomic mass is 9.91. The van der Waals surface area contributed by atoms with Gasteiger partial charge in [0.05, 0.1) is 10.5 Å². The van der Waals surface area contributed by atoms with Crippen molar-refractivity contribution in [2.75, 3.05) is 0 Å². The quantitative estimate of drug-likeness (QED) is 0.527. The number of hydrogen-bond acceptors (Lipinski definition) is 4. The molecule has 3 aromatic rings. The maximum absolute atomic E-state index is 13.5. The summed E-state index contributed by atoms with van der Waals surface area (Å²) in [7, 11) is -4.25. The zero-order valence-electron chi connectivity index (χ0n) is 17.7. The molecule has 0 bridgehead atoms. The maximum Gasteiger partial charge on any atom is 0.416 e. The molecule has 0 saturated heterocycles. The fraction of sp³-hybridized carbons (Fsp3) is 0.364. The minimum atomic E-state index is -4.75. The zero-order valence-corrected chi connectivity index (χ0v) is 18.5. The van der Waals surface area contributed by atoms with Gasteiger partial charge in [0.2, 0.25) is 10.0 Å². The van der Waals surface area contributed by atoms with E-state index in [9.17, 15) is 26.0 Å².